The van der Waals surface area contributed by atoms with Gasteiger partial charge in [0.1, 0.15) is 0 Å². The summed E-state index contributed by atoms with van der Waals surface area (Å²) in [6.45, 7) is 9.50. The van der Waals surface area contributed by atoms with E-state index in [0.29, 0.717) is 39.3 Å². The molecule has 3 rings (SSSR count). The summed E-state index contributed by atoms with van der Waals surface area (Å²) in [6, 6.07) is 6.04. The third-order valence-electron chi connectivity index (χ3n) is 4.80. The van der Waals surface area contributed by atoms with Gasteiger partial charge in [0.2, 0.25) is 0 Å². The molecule has 1 fully saturated rings. The van der Waals surface area contributed by atoms with Gasteiger partial charge in [-0.1, -0.05) is 6.07 Å². The summed E-state index contributed by atoms with van der Waals surface area (Å²) in [4.78, 5) is 24.6. The van der Waals surface area contributed by atoms with E-state index in [1.54, 1.807) is 11.9 Å². The lowest BCUT2D eigenvalue weighted by Gasteiger charge is -2.35. The Hall–Kier alpha value is -2.37. The first-order chi connectivity index (χ1) is 14.0. The number of piperazine rings is 1. The highest BCUT2D eigenvalue weighted by Gasteiger charge is 2.23. The maximum Gasteiger partial charge on any atom is 0.409 e. The molecular weight excluding hydrogens is 497 g/mol. The molecular formula is C20H30IN7O2. The molecule has 9 nitrogen and oxygen atoms in total. The maximum absolute atomic E-state index is 11.8. The van der Waals surface area contributed by atoms with Crippen molar-refractivity contribution >= 4 is 36.0 Å². The molecule has 1 aliphatic heterocycles. The van der Waals surface area contributed by atoms with Crippen LogP contribution in [0.5, 0.6) is 0 Å². The van der Waals surface area contributed by atoms with Crippen LogP contribution in [0.3, 0.4) is 0 Å². The molecule has 0 aliphatic carbocycles. The lowest BCUT2D eigenvalue weighted by atomic mass is 10.2. The van der Waals surface area contributed by atoms with Crippen molar-refractivity contribution < 1.29 is 9.53 Å². The number of aryl methyl sites for hydroxylation is 2. The summed E-state index contributed by atoms with van der Waals surface area (Å²) >= 11 is 0. The molecule has 3 heterocycles. The van der Waals surface area contributed by atoms with E-state index in [9.17, 15) is 4.79 Å². The van der Waals surface area contributed by atoms with Crippen molar-refractivity contribution in [3.05, 3.63) is 41.3 Å². The van der Waals surface area contributed by atoms with Gasteiger partial charge >= 0.3 is 6.09 Å². The molecule has 2 aromatic heterocycles. The van der Waals surface area contributed by atoms with Gasteiger partial charge in [-0.05, 0) is 38.5 Å². The van der Waals surface area contributed by atoms with Crippen molar-refractivity contribution in [3.8, 4) is 5.82 Å². The predicted molar refractivity (Wildman–Crippen MR) is 127 cm³/mol. The standard InChI is InChI=1S/C20H29N7O2.HI/c1-5-29-20(28)26-10-8-25(9-11-26)19(21-4)23-14-17-6-7-18(22-13-17)27-16(3)12-15(2)24-27;/h6-7,12-13H,5,8-11,14H2,1-4H3,(H,21,23);1H. The summed E-state index contributed by atoms with van der Waals surface area (Å²) < 4.78 is 6.91. The van der Waals surface area contributed by atoms with E-state index < -0.39 is 0 Å². The van der Waals surface area contributed by atoms with Crippen LogP contribution in [-0.4, -0.2) is 76.5 Å². The Kier molecular flexibility index (Phi) is 8.88. The number of rotatable bonds is 4. The van der Waals surface area contributed by atoms with Crippen LogP contribution >= 0.6 is 24.0 Å². The van der Waals surface area contributed by atoms with Gasteiger partial charge in [0, 0.05) is 51.7 Å². The fourth-order valence-corrected chi connectivity index (χ4v) is 3.34. The number of amides is 1. The topological polar surface area (TPSA) is 87.9 Å². The Bertz CT molecular complexity index is 859. The Morgan fingerprint density at radius 3 is 2.43 bits per heavy atom. The number of halogens is 1. The zero-order valence-corrected chi connectivity index (χ0v) is 20.3. The molecule has 0 saturated carbocycles. The first kappa shape index (κ1) is 23.9. The van der Waals surface area contributed by atoms with Gasteiger partial charge < -0.3 is 19.9 Å². The van der Waals surface area contributed by atoms with Crippen molar-refractivity contribution in [2.75, 3.05) is 39.8 Å². The molecule has 0 bridgehead atoms. The van der Waals surface area contributed by atoms with E-state index in [2.05, 4.69) is 25.3 Å². The van der Waals surface area contributed by atoms with Crippen LogP contribution in [0.4, 0.5) is 4.79 Å². The van der Waals surface area contributed by atoms with Crippen LogP contribution < -0.4 is 5.32 Å². The van der Waals surface area contributed by atoms with Gasteiger partial charge in [0.25, 0.3) is 0 Å². The lowest BCUT2D eigenvalue weighted by Crippen LogP contribution is -2.53. The molecule has 0 radical (unpaired) electrons. The number of hydrogen-bond donors (Lipinski definition) is 1. The summed E-state index contributed by atoms with van der Waals surface area (Å²) in [5.74, 6) is 1.62. The lowest BCUT2D eigenvalue weighted by molar-refractivity contribution is 0.0914. The van der Waals surface area contributed by atoms with Crippen LogP contribution in [0, 0.1) is 13.8 Å². The molecule has 30 heavy (non-hydrogen) atoms. The molecule has 0 spiro atoms. The van der Waals surface area contributed by atoms with Gasteiger partial charge in [-0.15, -0.1) is 24.0 Å². The van der Waals surface area contributed by atoms with Gasteiger partial charge in [0.15, 0.2) is 11.8 Å². The van der Waals surface area contributed by atoms with Gasteiger partial charge in [0.05, 0.1) is 12.3 Å². The number of guanidine groups is 1. The second-order valence-electron chi connectivity index (χ2n) is 6.94. The Morgan fingerprint density at radius 2 is 1.90 bits per heavy atom. The van der Waals surface area contributed by atoms with Crippen molar-refractivity contribution in [2.24, 2.45) is 4.99 Å². The largest absolute Gasteiger partial charge is 0.450 e. The maximum atomic E-state index is 11.8. The number of aromatic nitrogens is 3. The third kappa shape index (κ3) is 5.83. The number of aliphatic imine (C=N–C) groups is 1. The Labute approximate surface area is 194 Å². The number of nitrogens with one attached hydrogen (secondary N) is 1. The number of nitrogens with zero attached hydrogens (tertiary/aromatic N) is 6. The molecule has 0 unspecified atom stereocenters. The van der Waals surface area contributed by atoms with Crippen molar-refractivity contribution in [3.63, 3.8) is 0 Å². The zero-order valence-electron chi connectivity index (χ0n) is 18.0. The second-order valence-corrected chi connectivity index (χ2v) is 6.94. The van der Waals surface area contributed by atoms with Crippen LogP contribution in [0.15, 0.2) is 29.4 Å². The molecule has 164 valence electrons. The fourth-order valence-electron chi connectivity index (χ4n) is 3.34. The van der Waals surface area contributed by atoms with Crippen LogP contribution in [-0.2, 0) is 11.3 Å². The SMILES string of the molecule is CCOC(=O)N1CCN(C(=NC)NCc2ccc(-n3nc(C)cc3C)nc2)CC1.I. The number of carbonyl (C=O) groups excluding carboxylic acids is 1. The minimum Gasteiger partial charge on any atom is -0.450 e. The highest BCUT2D eigenvalue weighted by Crippen LogP contribution is 2.10. The van der Waals surface area contributed by atoms with Gasteiger partial charge in [-0.2, -0.15) is 5.10 Å². The molecule has 1 saturated heterocycles. The van der Waals surface area contributed by atoms with Crippen molar-refractivity contribution in [1.29, 1.82) is 0 Å². The smallest absolute Gasteiger partial charge is 0.409 e. The van der Waals surface area contributed by atoms with Crippen LogP contribution in [0.1, 0.15) is 23.9 Å². The predicted octanol–water partition coefficient (Wildman–Crippen LogP) is 2.35. The molecule has 2 aromatic rings. The zero-order chi connectivity index (χ0) is 20.8. The normalized spacial score (nSPS) is 14.3. The number of hydrogen-bond acceptors (Lipinski definition) is 5. The van der Waals surface area contributed by atoms with Gasteiger partial charge in [-0.3, -0.25) is 4.99 Å². The summed E-state index contributed by atoms with van der Waals surface area (Å²) in [5.41, 5.74) is 3.09. The minimum atomic E-state index is -0.246. The highest BCUT2D eigenvalue weighted by atomic mass is 127. The van der Waals surface area contributed by atoms with E-state index in [0.717, 1.165) is 28.7 Å². The average molecular weight is 527 g/mol. The minimum absolute atomic E-state index is 0. The van der Waals surface area contributed by atoms with E-state index in [1.165, 1.54) is 0 Å². The summed E-state index contributed by atoms with van der Waals surface area (Å²) in [6.07, 6.45) is 1.61. The first-order valence-electron chi connectivity index (χ1n) is 9.87. The monoisotopic (exact) mass is 527 g/mol. The van der Waals surface area contributed by atoms with E-state index in [4.69, 9.17) is 4.74 Å². The van der Waals surface area contributed by atoms with Crippen LogP contribution in [0.2, 0.25) is 0 Å². The second kappa shape index (κ2) is 11.1. The molecule has 1 aliphatic rings. The number of pyridine rings is 1. The van der Waals surface area contributed by atoms with E-state index in [-0.39, 0.29) is 30.1 Å². The Balaban J connectivity index is 0.00000320. The van der Waals surface area contributed by atoms with Crippen molar-refractivity contribution in [2.45, 2.75) is 27.3 Å². The molecule has 0 atom stereocenters. The molecule has 1 amide bonds. The summed E-state index contributed by atoms with van der Waals surface area (Å²) in [7, 11) is 1.77. The first-order valence-corrected chi connectivity index (χ1v) is 9.87. The highest BCUT2D eigenvalue weighted by molar-refractivity contribution is 14.0. The quantitative estimate of drug-likeness (QED) is 0.373. The molecule has 0 aromatic carbocycles. The van der Waals surface area contributed by atoms with Crippen molar-refractivity contribution in [1.82, 2.24) is 29.9 Å². The Morgan fingerprint density at radius 1 is 1.20 bits per heavy atom. The molecule has 10 heteroatoms. The van der Waals surface area contributed by atoms with Gasteiger partial charge in [-0.25, -0.2) is 14.5 Å². The van der Waals surface area contributed by atoms with E-state index in [1.807, 2.05) is 49.8 Å². The van der Waals surface area contributed by atoms with E-state index >= 15 is 0 Å². The number of carbonyl (C=O) groups is 1. The number of ether oxygens (including phenoxy) is 1. The fraction of sp³-hybridized carbons (Fsp3) is 0.500. The average Bonchev–Trinajstić information content (AvgIpc) is 3.07. The molecule has 1 N–H and O–H groups in total. The third-order valence-corrected chi connectivity index (χ3v) is 4.80. The summed E-state index contributed by atoms with van der Waals surface area (Å²) in [5, 5.41) is 7.84. The van der Waals surface area contributed by atoms with Crippen LogP contribution in [0.25, 0.3) is 5.82 Å².